The van der Waals surface area contributed by atoms with Crippen LogP contribution in [0.2, 0.25) is 0 Å². The molecule has 1 fully saturated rings. The smallest absolute Gasteiger partial charge is 0.309 e. The van der Waals surface area contributed by atoms with Crippen molar-refractivity contribution in [3.8, 4) is 0 Å². The fraction of sp³-hybridized carbons (Fsp3) is 0.529. The monoisotopic (exact) mass is 325 g/mol. The van der Waals surface area contributed by atoms with Crippen LogP contribution in [0.3, 0.4) is 0 Å². The summed E-state index contributed by atoms with van der Waals surface area (Å²) >= 11 is 0. The normalized spacial score (nSPS) is 16.5. The van der Waals surface area contributed by atoms with E-state index in [1.807, 2.05) is 0 Å². The molecule has 6 heteroatoms. The molecule has 0 bridgehead atoms. The number of rotatable bonds is 6. The predicted molar refractivity (Wildman–Crippen MR) is 80.9 cm³/mol. The van der Waals surface area contributed by atoms with Gasteiger partial charge in [-0.3, -0.25) is 9.59 Å². The molecular formula is C17H21F2NO3. The first kappa shape index (κ1) is 17.4. The van der Waals surface area contributed by atoms with Crippen LogP contribution in [0.4, 0.5) is 8.78 Å². The standard InChI is InChI=1S/C17H21F2NO3/c1-16(2,15(22)23)8-9-20-14(21)17(6-3-7-17)12-5-4-11(18)10-13(12)19/h4-5,10H,3,6-9H2,1-2H3,(H,20,21)(H,22,23). The molecule has 1 saturated carbocycles. The maximum atomic E-state index is 14.0. The van der Waals surface area contributed by atoms with Gasteiger partial charge in [0, 0.05) is 18.2 Å². The maximum absolute atomic E-state index is 14.0. The first-order valence-corrected chi connectivity index (χ1v) is 7.66. The van der Waals surface area contributed by atoms with Crippen LogP contribution in [0.5, 0.6) is 0 Å². The van der Waals surface area contributed by atoms with E-state index in [1.54, 1.807) is 13.8 Å². The Hall–Kier alpha value is -1.98. The molecule has 1 aliphatic carbocycles. The molecule has 0 saturated heterocycles. The Bertz CT molecular complexity index is 624. The van der Waals surface area contributed by atoms with Crippen molar-refractivity contribution in [3.05, 3.63) is 35.4 Å². The zero-order valence-electron chi connectivity index (χ0n) is 13.3. The Balaban J connectivity index is 2.08. The second kappa shape index (κ2) is 6.26. The van der Waals surface area contributed by atoms with Crippen molar-refractivity contribution >= 4 is 11.9 Å². The molecule has 2 N–H and O–H groups in total. The van der Waals surface area contributed by atoms with Crippen LogP contribution < -0.4 is 5.32 Å². The van der Waals surface area contributed by atoms with E-state index in [0.29, 0.717) is 12.8 Å². The van der Waals surface area contributed by atoms with E-state index in [-0.39, 0.29) is 24.4 Å². The number of carboxylic acids is 1. The van der Waals surface area contributed by atoms with Gasteiger partial charge in [0.2, 0.25) is 5.91 Å². The third-order valence-electron chi connectivity index (χ3n) is 4.70. The Morgan fingerprint density at radius 2 is 1.96 bits per heavy atom. The summed E-state index contributed by atoms with van der Waals surface area (Å²) in [6, 6.07) is 3.26. The zero-order valence-corrected chi connectivity index (χ0v) is 13.3. The van der Waals surface area contributed by atoms with E-state index in [4.69, 9.17) is 5.11 Å². The number of aliphatic carboxylic acids is 1. The van der Waals surface area contributed by atoms with Gasteiger partial charge in [-0.05, 0) is 39.2 Å². The van der Waals surface area contributed by atoms with Crippen molar-refractivity contribution in [1.82, 2.24) is 5.32 Å². The minimum atomic E-state index is -0.967. The van der Waals surface area contributed by atoms with Gasteiger partial charge in [-0.15, -0.1) is 0 Å². The minimum absolute atomic E-state index is 0.197. The Morgan fingerprint density at radius 3 is 2.43 bits per heavy atom. The Kier molecular flexibility index (Phi) is 4.73. The number of carbonyl (C=O) groups is 2. The van der Waals surface area contributed by atoms with E-state index in [1.165, 1.54) is 6.07 Å². The summed E-state index contributed by atoms with van der Waals surface area (Å²) in [5, 5.41) is 11.8. The van der Waals surface area contributed by atoms with E-state index in [2.05, 4.69) is 5.32 Å². The van der Waals surface area contributed by atoms with Gasteiger partial charge in [-0.25, -0.2) is 8.78 Å². The molecular weight excluding hydrogens is 304 g/mol. The quantitative estimate of drug-likeness (QED) is 0.845. The number of halogens is 2. The second-order valence-electron chi connectivity index (χ2n) is 6.75. The molecule has 2 rings (SSSR count). The summed E-state index contributed by atoms with van der Waals surface area (Å²) in [6.07, 6.45) is 2.08. The fourth-order valence-electron chi connectivity index (χ4n) is 2.79. The third-order valence-corrected chi connectivity index (χ3v) is 4.70. The number of hydrogen-bond acceptors (Lipinski definition) is 2. The van der Waals surface area contributed by atoms with E-state index >= 15 is 0 Å². The molecule has 0 heterocycles. The summed E-state index contributed by atoms with van der Waals surface area (Å²) in [4.78, 5) is 23.6. The highest BCUT2D eigenvalue weighted by Gasteiger charge is 2.47. The Morgan fingerprint density at radius 1 is 1.30 bits per heavy atom. The number of hydrogen-bond donors (Lipinski definition) is 2. The van der Waals surface area contributed by atoms with Crippen LogP contribution in [0.1, 0.15) is 45.1 Å². The lowest BCUT2D eigenvalue weighted by atomic mass is 9.63. The highest BCUT2D eigenvalue weighted by atomic mass is 19.1. The lowest BCUT2D eigenvalue weighted by Gasteiger charge is -2.41. The third kappa shape index (κ3) is 3.35. The summed E-state index contributed by atoms with van der Waals surface area (Å²) in [6.45, 7) is 3.36. The van der Waals surface area contributed by atoms with Crippen LogP contribution >= 0.6 is 0 Å². The van der Waals surface area contributed by atoms with Crippen molar-refractivity contribution in [1.29, 1.82) is 0 Å². The fourth-order valence-corrected chi connectivity index (χ4v) is 2.79. The Labute approximate surface area is 133 Å². The van der Waals surface area contributed by atoms with Crippen molar-refractivity contribution in [3.63, 3.8) is 0 Å². The molecule has 4 nitrogen and oxygen atoms in total. The summed E-state index contributed by atoms with van der Waals surface area (Å²) < 4.78 is 27.1. The van der Waals surface area contributed by atoms with Gasteiger partial charge in [-0.2, -0.15) is 0 Å². The molecule has 1 amide bonds. The average Bonchev–Trinajstić information content (AvgIpc) is 2.39. The van der Waals surface area contributed by atoms with E-state index < -0.39 is 28.4 Å². The number of carbonyl (C=O) groups excluding carboxylic acids is 1. The average molecular weight is 325 g/mol. The first-order chi connectivity index (χ1) is 10.7. The first-order valence-electron chi connectivity index (χ1n) is 7.66. The van der Waals surface area contributed by atoms with E-state index in [0.717, 1.165) is 18.6 Å². The van der Waals surface area contributed by atoms with Gasteiger partial charge >= 0.3 is 5.97 Å². The van der Waals surface area contributed by atoms with Crippen molar-refractivity contribution in [2.45, 2.75) is 44.9 Å². The summed E-state index contributed by atoms with van der Waals surface area (Å²) in [7, 11) is 0. The number of carboxylic acid groups (broad SMARTS) is 1. The molecule has 126 valence electrons. The molecule has 1 aromatic carbocycles. The molecule has 0 spiro atoms. The van der Waals surface area contributed by atoms with Gasteiger partial charge in [0.1, 0.15) is 11.6 Å². The SMILES string of the molecule is CC(C)(CCNC(=O)C1(c2ccc(F)cc2F)CCC1)C(=O)O. The lowest BCUT2D eigenvalue weighted by Crippen LogP contribution is -2.50. The summed E-state index contributed by atoms with van der Waals surface area (Å²) in [5.74, 6) is -2.65. The zero-order chi connectivity index (χ0) is 17.3. The highest BCUT2D eigenvalue weighted by molar-refractivity contribution is 5.89. The predicted octanol–water partition coefficient (Wildman–Crippen LogP) is 3.00. The van der Waals surface area contributed by atoms with E-state index in [9.17, 15) is 18.4 Å². The highest BCUT2D eigenvalue weighted by Crippen LogP contribution is 2.45. The van der Waals surface area contributed by atoms with Gasteiger partial charge in [0.05, 0.1) is 10.8 Å². The minimum Gasteiger partial charge on any atom is -0.481 e. The molecule has 0 unspecified atom stereocenters. The summed E-state index contributed by atoms with van der Waals surface area (Å²) in [5.41, 5.74) is -1.70. The van der Waals surface area contributed by atoms with Gasteiger partial charge in [0.25, 0.3) is 0 Å². The molecule has 0 radical (unpaired) electrons. The van der Waals surface area contributed by atoms with Crippen LogP contribution in [-0.4, -0.2) is 23.5 Å². The second-order valence-corrected chi connectivity index (χ2v) is 6.75. The number of nitrogens with one attached hydrogen (secondary N) is 1. The van der Waals surface area contributed by atoms with Crippen LogP contribution in [-0.2, 0) is 15.0 Å². The van der Waals surface area contributed by atoms with Gasteiger partial charge < -0.3 is 10.4 Å². The lowest BCUT2D eigenvalue weighted by molar-refractivity contribution is -0.147. The number of amides is 1. The molecule has 0 atom stereocenters. The molecule has 1 aromatic rings. The van der Waals surface area contributed by atoms with Crippen LogP contribution in [0.15, 0.2) is 18.2 Å². The van der Waals surface area contributed by atoms with Gasteiger partial charge in [-0.1, -0.05) is 12.5 Å². The van der Waals surface area contributed by atoms with Crippen LogP contribution in [0.25, 0.3) is 0 Å². The van der Waals surface area contributed by atoms with Gasteiger partial charge in [0.15, 0.2) is 0 Å². The van der Waals surface area contributed by atoms with Crippen molar-refractivity contribution in [2.75, 3.05) is 6.54 Å². The molecule has 23 heavy (non-hydrogen) atoms. The largest absolute Gasteiger partial charge is 0.481 e. The van der Waals surface area contributed by atoms with Crippen molar-refractivity contribution in [2.24, 2.45) is 5.41 Å². The molecule has 0 aliphatic heterocycles. The van der Waals surface area contributed by atoms with Crippen molar-refractivity contribution < 1.29 is 23.5 Å². The number of benzene rings is 1. The topological polar surface area (TPSA) is 66.4 Å². The maximum Gasteiger partial charge on any atom is 0.309 e. The van der Waals surface area contributed by atoms with Crippen LogP contribution in [0, 0.1) is 17.0 Å². The molecule has 0 aromatic heterocycles. The molecule has 1 aliphatic rings.